The summed E-state index contributed by atoms with van der Waals surface area (Å²) in [6.07, 6.45) is 6.79. The van der Waals surface area contributed by atoms with Gasteiger partial charge in [-0.3, -0.25) is 0 Å². The van der Waals surface area contributed by atoms with Gasteiger partial charge in [0, 0.05) is 30.6 Å². The number of fused-ring (bicyclic) bond motifs is 1. The molecule has 0 aromatic carbocycles. The zero-order valence-electron chi connectivity index (χ0n) is 9.48. The normalized spacial score (nSPS) is 10.8. The maximum Gasteiger partial charge on any atom is 0.155 e. The lowest BCUT2D eigenvalue weighted by Crippen LogP contribution is -2.14. The van der Waals surface area contributed by atoms with Gasteiger partial charge in [-0.1, -0.05) is 6.08 Å². The number of hydrogen-bond acceptors (Lipinski definition) is 3. The maximum atomic E-state index is 4.34. The average molecular weight is 216 g/mol. The molecule has 0 saturated heterocycles. The highest BCUT2D eigenvalue weighted by molar-refractivity contribution is 5.38. The van der Waals surface area contributed by atoms with Crippen molar-refractivity contribution in [2.24, 2.45) is 0 Å². The van der Waals surface area contributed by atoms with Crippen molar-refractivity contribution < 1.29 is 0 Å². The fourth-order valence-electron chi connectivity index (χ4n) is 1.56. The third-order valence-electron chi connectivity index (χ3n) is 2.34. The van der Waals surface area contributed by atoms with Crippen molar-refractivity contribution >= 4 is 5.65 Å². The molecule has 0 aliphatic heterocycles. The lowest BCUT2D eigenvalue weighted by Gasteiger charge is -2.03. The highest BCUT2D eigenvalue weighted by Crippen LogP contribution is 2.04. The minimum Gasteiger partial charge on any atom is -0.312 e. The van der Waals surface area contributed by atoms with Crippen LogP contribution in [0.15, 0.2) is 31.1 Å². The summed E-state index contributed by atoms with van der Waals surface area (Å²) in [4.78, 5) is 4.34. The summed E-state index contributed by atoms with van der Waals surface area (Å²) >= 11 is 0. The van der Waals surface area contributed by atoms with Crippen LogP contribution in [0.2, 0.25) is 0 Å². The molecular formula is C12H16N4. The second kappa shape index (κ2) is 4.90. The quantitative estimate of drug-likeness (QED) is 0.611. The van der Waals surface area contributed by atoms with Crippen LogP contribution in [0.5, 0.6) is 0 Å². The summed E-state index contributed by atoms with van der Waals surface area (Å²) in [6, 6.07) is 1.97. The molecule has 16 heavy (non-hydrogen) atoms. The number of nitrogens with one attached hydrogen (secondary N) is 1. The first-order chi connectivity index (χ1) is 7.79. The molecule has 84 valence electrons. The number of rotatable bonds is 5. The smallest absolute Gasteiger partial charge is 0.155 e. The van der Waals surface area contributed by atoms with Gasteiger partial charge in [-0.15, -0.1) is 6.58 Å². The van der Waals surface area contributed by atoms with E-state index >= 15 is 0 Å². The number of aryl methyl sites for hydroxylation is 1. The topological polar surface area (TPSA) is 42.2 Å². The maximum absolute atomic E-state index is 4.34. The zero-order valence-corrected chi connectivity index (χ0v) is 9.48. The summed E-state index contributed by atoms with van der Waals surface area (Å²) < 4.78 is 1.82. The van der Waals surface area contributed by atoms with Crippen molar-refractivity contribution in [1.82, 2.24) is 19.9 Å². The van der Waals surface area contributed by atoms with Crippen LogP contribution >= 0.6 is 0 Å². The van der Waals surface area contributed by atoms with Crippen LogP contribution in [0, 0.1) is 6.92 Å². The molecule has 0 aliphatic carbocycles. The summed E-state index contributed by atoms with van der Waals surface area (Å²) in [5.41, 5.74) is 3.02. The van der Waals surface area contributed by atoms with E-state index in [2.05, 4.69) is 22.0 Å². The molecule has 0 bridgehead atoms. The van der Waals surface area contributed by atoms with Gasteiger partial charge < -0.3 is 5.32 Å². The molecule has 0 fully saturated rings. The van der Waals surface area contributed by atoms with Gasteiger partial charge in [-0.05, 0) is 19.9 Å². The number of nitrogens with zero attached hydrogens (tertiary/aromatic N) is 3. The van der Waals surface area contributed by atoms with Gasteiger partial charge >= 0.3 is 0 Å². The molecule has 2 rings (SSSR count). The molecule has 0 radical (unpaired) electrons. The Morgan fingerprint density at radius 3 is 3.25 bits per heavy atom. The number of hydrogen-bond donors (Lipinski definition) is 1. The van der Waals surface area contributed by atoms with Crippen LogP contribution in [0.3, 0.4) is 0 Å². The van der Waals surface area contributed by atoms with Crippen LogP contribution < -0.4 is 5.32 Å². The van der Waals surface area contributed by atoms with Gasteiger partial charge in [0.2, 0.25) is 0 Å². The van der Waals surface area contributed by atoms with Crippen LogP contribution in [-0.4, -0.2) is 21.1 Å². The van der Waals surface area contributed by atoms with E-state index in [-0.39, 0.29) is 0 Å². The lowest BCUT2D eigenvalue weighted by atomic mass is 10.3. The van der Waals surface area contributed by atoms with E-state index in [1.807, 2.05) is 36.0 Å². The molecule has 2 heterocycles. The highest BCUT2D eigenvalue weighted by atomic mass is 15.2. The van der Waals surface area contributed by atoms with Crippen molar-refractivity contribution in [3.8, 4) is 0 Å². The largest absolute Gasteiger partial charge is 0.312 e. The first-order valence-electron chi connectivity index (χ1n) is 5.42. The monoisotopic (exact) mass is 216 g/mol. The third-order valence-corrected chi connectivity index (χ3v) is 2.34. The summed E-state index contributed by atoms with van der Waals surface area (Å²) in [5, 5.41) is 7.65. The first-order valence-corrected chi connectivity index (χ1v) is 5.42. The van der Waals surface area contributed by atoms with Crippen molar-refractivity contribution in [3.63, 3.8) is 0 Å². The summed E-state index contributed by atoms with van der Waals surface area (Å²) in [6.45, 7) is 7.41. The summed E-state index contributed by atoms with van der Waals surface area (Å²) in [5.74, 6) is 0. The predicted octanol–water partition coefficient (Wildman–Crippen LogP) is 1.70. The van der Waals surface area contributed by atoms with E-state index in [1.165, 1.54) is 0 Å². The van der Waals surface area contributed by atoms with Crippen molar-refractivity contribution in [2.45, 2.75) is 19.9 Å². The Hall–Kier alpha value is -1.68. The van der Waals surface area contributed by atoms with Crippen molar-refractivity contribution in [1.29, 1.82) is 0 Å². The number of aromatic nitrogens is 3. The fourth-order valence-corrected chi connectivity index (χ4v) is 1.56. The van der Waals surface area contributed by atoms with Gasteiger partial charge in [0.05, 0.1) is 5.69 Å². The van der Waals surface area contributed by atoms with E-state index in [1.54, 1.807) is 0 Å². The molecule has 0 atom stereocenters. The van der Waals surface area contributed by atoms with E-state index < -0.39 is 0 Å². The molecule has 0 unspecified atom stereocenters. The Balaban J connectivity index is 2.04. The van der Waals surface area contributed by atoms with E-state index in [4.69, 9.17) is 0 Å². The van der Waals surface area contributed by atoms with Crippen LogP contribution in [0.1, 0.15) is 17.7 Å². The SMILES string of the molecule is C=CCCNCc1cnc2cc(C)nn2c1. The second-order valence-electron chi connectivity index (χ2n) is 3.80. The van der Waals surface area contributed by atoms with Crippen molar-refractivity contribution in [2.75, 3.05) is 6.54 Å². The molecule has 2 aromatic rings. The lowest BCUT2D eigenvalue weighted by molar-refractivity contribution is 0.688. The third kappa shape index (κ3) is 2.46. The van der Waals surface area contributed by atoms with Gasteiger partial charge in [-0.25, -0.2) is 9.50 Å². The first kappa shape index (κ1) is 10.8. The van der Waals surface area contributed by atoms with Gasteiger partial charge in [-0.2, -0.15) is 5.10 Å². The van der Waals surface area contributed by atoms with E-state index in [0.29, 0.717) is 0 Å². The predicted molar refractivity (Wildman–Crippen MR) is 64.2 cm³/mol. The Morgan fingerprint density at radius 2 is 2.44 bits per heavy atom. The molecule has 0 saturated carbocycles. The van der Waals surface area contributed by atoms with Gasteiger partial charge in [0.1, 0.15) is 0 Å². The fraction of sp³-hybridized carbons (Fsp3) is 0.333. The van der Waals surface area contributed by atoms with E-state index in [0.717, 1.165) is 36.4 Å². The minimum atomic E-state index is 0.815. The van der Waals surface area contributed by atoms with Crippen LogP contribution in [0.4, 0.5) is 0 Å². The second-order valence-corrected chi connectivity index (χ2v) is 3.80. The highest BCUT2D eigenvalue weighted by Gasteiger charge is 1.99. The Bertz CT molecular complexity index is 487. The van der Waals surface area contributed by atoms with Crippen LogP contribution in [-0.2, 0) is 6.54 Å². The van der Waals surface area contributed by atoms with Crippen LogP contribution in [0.25, 0.3) is 5.65 Å². The molecule has 4 nitrogen and oxygen atoms in total. The average Bonchev–Trinajstić information content (AvgIpc) is 2.64. The molecule has 0 spiro atoms. The van der Waals surface area contributed by atoms with Gasteiger partial charge in [0.15, 0.2) is 5.65 Å². The Kier molecular flexibility index (Phi) is 3.31. The van der Waals surface area contributed by atoms with Crippen molar-refractivity contribution in [3.05, 3.63) is 42.4 Å². The standard InChI is InChI=1S/C12H16N4/c1-3-4-5-13-7-11-8-14-12-6-10(2)15-16(12)9-11/h3,6,8-9,13H,1,4-5,7H2,2H3. The summed E-state index contributed by atoms with van der Waals surface area (Å²) in [7, 11) is 0. The zero-order chi connectivity index (χ0) is 11.4. The molecule has 0 amide bonds. The molecule has 4 heteroatoms. The Morgan fingerprint density at radius 1 is 1.56 bits per heavy atom. The molecular weight excluding hydrogens is 200 g/mol. The molecule has 2 aromatic heterocycles. The molecule has 0 aliphatic rings. The van der Waals surface area contributed by atoms with E-state index in [9.17, 15) is 0 Å². The van der Waals surface area contributed by atoms with Gasteiger partial charge in [0.25, 0.3) is 0 Å². The Labute approximate surface area is 95.0 Å². The molecule has 1 N–H and O–H groups in total. The minimum absolute atomic E-state index is 0.815.